The number of para-hydroxylation sites is 3. The fraction of sp³-hybridized carbons (Fsp3) is 0. The molecule has 0 N–H and O–H groups in total. The van der Waals surface area contributed by atoms with Crippen LogP contribution in [0.5, 0.6) is 0 Å². The Bertz CT molecular complexity index is 9380. The van der Waals surface area contributed by atoms with Gasteiger partial charge in [-0.05, 0) is 235 Å². The standard InChI is InChI=1S/C48H30O.C44H28O.C38H24O/c1-2-12-31(13-3-1)33-22-25-34(26-23-33)46-38-16-6-8-18-40(38)47(41-19-9-7-17-39(41)46)43-29-37(36-27-24-32-14-4-5-15-35(32)28-36)30-45-48(43)42-20-10-11-21-44(42)49-45;1-3-14-29(15-4-1)31-18-13-19-32(28-31)41-34-20-7-9-22-36(34)42(37-23-10-8-21-35(37)41)39-27-26-33(30-16-5-2-6-17-30)44-43(39)38-24-11-12-25-40(38)45-44;1-3-13-25(14-4-1)27-21-11-23-33-37-32(22-12-24-34(37)39-38(27)33)36-30-19-9-7-17-28(30)35(26-15-5-2-6-16-26)29-18-8-10-20-31(29)36/h1-30H;1-28H;1-24H/i;;2D,5D,6D,15D,16D. The number of benzene rings is 24. The van der Waals surface area contributed by atoms with Gasteiger partial charge in [-0.1, -0.05) is 449 Å². The molecule has 27 aromatic rings. The van der Waals surface area contributed by atoms with E-state index in [0.29, 0.717) is 5.56 Å². The van der Waals surface area contributed by atoms with Gasteiger partial charge in [0.05, 0.1) is 6.85 Å². The van der Waals surface area contributed by atoms with Crippen LogP contribution in [0.1, 0.15) is 6.85 Å². The first-order chi connectivity index (χ1) is 68.1. The third kappa shape index (κ3) is 13.5. The fourth-order valence-electron chi connectivity index (χ4n) is 20.8. The lowest BCUT2D eigenvalue weighted by atomic mass is 9.84. The van der Waals surface area contributed by atoms with Crippen LogP contribution in [0.3, 0.4) is 0 Å². The summed E-state index contributed by atoms with van der Waals surface area (Å²) >= 11 is 0. The topological polar surface area (TPSA) is 39.4 Å². The second kappa shape index (κ2) is 33.0. The zero-order chi connectivity index (χ0) is 92.2. The molecule has 133 heavy (non-hydrogen) atoms. The lowest BCUT2D eigenvalue weighted by molar-refractivity contribution is 0.669. The van der Waals surface area contributed by atoms with Crippen molar-refractivity contribution in [1.82, 2.24) is 0 Å². The highest BCUT2D eigenvalue weighted by atomic mass is 16.3. The SMILES string of the molecule is [2H]c1c([2H])c([2H])c(-c2c3ccccc3c(-c3cccc4oc5c(-c6ccccc6)cccc5c34)c3ccccc23)c([2H])c1[2H].c1ccc(-c2ccc(-c3c4ccccc4c(-c4cc(-c5ccc6ccccc6c5)cc5oc6ccccc6c45)c4ccccc34)cc2)cc1.c1ccc(-c2cccc(-c3c4ccccc4c(-c4ccc(-c5ccccc5)c5oc6ccccc6c45)c4ccccc34)c2)cc1. The molecule has 3 nitrogen and oxygen atoms in total. The van der Waals surface area contributed by atoms with Crippen molar-refractivity contribution in [3.63, 3.8) is 0 Å². The zero-order valence-corrected chi connectivity index (χ0v) is 72.2. The van der Waals surface area contributed by atoms with Gasteiger partial charge in [0.25, 0.3) is 0 Å². The number of rotatable bonds is 11. The molecule has 0 aliphatic heterocycles. The Morgan fingerprint density at radius 2 is 0.474 bits per heavy atom. The van der Waals surface area contributed by atoms with Gasteiger partial charge in [-0.3, -0.25) is 0 Å². The third-order valence-electron chi connectivity index (χ3n) is 26.7. The smallest absolute Gasteiger partial charge is 0.143 e. The molecule has 0 bridgehead atoms. The van der Waals surface area contributed by atoms with E-state index in [9.17, 15) is 0 Å². The van der Waals surface area contributed by atoms with Gasteiger partial charge >= 0.3 is 0 Å². The predicted molar refractivity (Wildman–Crippen MR) is 563 cm³/mol. The Morgan fingerprint density at radius 3 is 1.02 bits per heavy atom. The summed E-state index contributed by atoms with van der Waals surface area (Å²) < 4.78 is 62.5. The number of fused-ring (bicyclic) bond motifs is 16. The first-order valence-electron chi connectivity index (χ1n) is 47.7. The second-order valence-electron chi connectivity index (χ2n) is 34.1. The lowest BCUT2D eigenvalue weighted by Crippen LogP contribution is -1.92. The molecule has 27 rings (SSSR count). The molecule has 620 valence electrons. The summed E-state index contributed by atoms with van der Waals surface area (Å²) in [4.78, 5) is 0. The minimum absolute atomic E-state index is 0.203. The number of furan rings is 3. The Kier molecular flexibility index (Phi) is 18.0. The van der Waals surface area contributed by atoms with E-state index in [2.05, 4.69) is 388 Å². The van der Waals surface area contributed by atoms with Crippen LogP contribution in [0.15, 0.2) is 511 Å². The largest absolute Gasteiger partial charge is 0.456 e. The zero-order valence-electron chi connectivity index (χ0n) is 77.2. The molecule has 0 saturated heterocycles. The van der Waals surface area contributed by atoms with Crippen LogP contribution >= 0.6 is 0 Å². The molecule has 0 atom stereocenters. The molecular weight excluding hydrogens is 1610 g/mol. The van der Waals surface area contributed by atoms with E-state index in [4.69, 9.17) is 20.1 Å². The molecule has 0 unspecified atom stereocenters. The molecule has 3 heterocycles. The highest BCUT2D eigenvalue weighted by Crippen LogP contribution is 2.54. The van der Waals surface area contributed by atoms with Crippen molar-refractivity contribution in [2.75, 3.05) is 0 Å². The highest BCUT2D eigenvalue weighted by molar-refractivity contribution is 6.30. The average molecular weight is 1700 g/mol. The van der Waals surface area contributed by atoms with Crippen LogP contribution in [-0.2, 0) is 0 Å². The van der Waals surface area contributed by atoms with Crippen molar-refractivity contribution in [2.45, 2.75) is 0 Å². The van der Waals surface area contributed by atoms with E-state index < -0.39 is 6.04 Å². The minimum atomic E-state index is -0.401. The monoisotopic (exact) mass is 1700 g/mol. The van der Waals surface area contributed by atoms with Crippen molar-refractivity contribution in [1.29, 1.82) is 0 Å². The van der Waals surface area contributed by atoms with Crippen LogP contribution in [0.4, 0.5) is 0 Å². The molecule has 0 fully saturated rings. The summed E-state index contributed by atoms with van der Waals surface area (Å²) in [6.45, 7) is 0. The Morgan fingerprint density at radius 1 is 0.143 bits per heavy atom. The summed E-state index contributed by atoms with van der Waals surface area (Å²) in [7, 11) is 0. The maximum atomic E-state index is 8.82. The third-order valence-corrected chi connectivity index (χ3v) is 26.7. The van der Waals surface area contributed by atoms with Crippen molar-refractivity contribution >= 4 is 141 Å². The van der Waals surface area contributed by atoms with Crippen LogP contribution in [0.2, 0.25) is 0 Å². The summed E-state index contributed by atoms with van der Waals surface area (Å²) in [6, 6.07) is 164. The van der Waals surface area contributed by atoms with E-state index in [1.165, 1.54) is 126 Å². The molecule has 0 aliphatic rings. The van der Waals surface area contributed by atoms with Gasteiger partial charge in [-0.25, -0.2) is 0 Å². The summed E-state index contributed by atoms with van der Waals surface area (Å²) in [5, 5.41) is 22.4. The highest BCUT2D eigenvalue weighted by Gasteiger charge is 2.27. The van der Waals surface area contributed by atoms with Gasteiger partial charge in [0.2, 0.25) is 0 Å². The summed E-state index contributed by atoms with van der Waals surface area (Å²) in [5.41, 5.74) is 29.4. The maximum absolute atomic E-state index is 8.82. The lowest BCUT2D eigenvalue weighted by Gasteiger charge is -2.19. The van der Waals surface area contributed by atoms with Gasteiger partial charge < -0.3 is 13.3 Å². The van der Waals surface area contributed by atoms with Gasteiger partial charge in [-0.2, -0.15) is 0 Å². The molecular formula is C130H82O3. The summed E-state index contributed by atoms with van der Waals surface area (Å²) in [5.74, 6) is 0. The quantitative estimate of drug-likeness (QED) is 0.121. The van der Waals surface area contributed by atoms with E-state index >= 15 is 0 Å². The summed E-state index contributed by atoms with van der Waals surface area (Å²) in [6.07, 6.45) is 0. The second-order valence-corrected chi connectivity index (χ2v) is 34.1. The first kappa shape index (κ1) is 72.5. The van der Waals surface area contributed by atoms with Crippen molar-refractivity contribution in [3.05, 3.63) is 497 Å². The van der Waals surface area contributed by atoms with Crippen molar-refractivity contribution < 1.29 is 20.1 Å². The normalized spacial score (nSPS) is 12.1. The van der Waals surface area contributed by atoms with Crippen LogP contribution in [-0.4, -0.2) is 0 Å². The van der Waals surface area contributed by atoms with Gasteiger partial charge in [0.15, 0.2) is 0 Å². The number of hydrogen-bond donors (Lipinski definition) is 0. The first-order valence-corrected chi connectivity index (χ1v) is 45.2. The van der Waals surface area contributed by atoms with Crippen LogP contribution in [0.25, 0.3) is 264 Å². The average Bonchev–Trinajstić information content (AvgIpc) is 1.37. The molecule has 3 heteroatoms. The fourth-order valence-corrected chi connectivity index (χ4v) is 20.8. The maximum Gasteiger partial charge on any atom is 0.143 e. The Balaban J connectivity index is 0.000000110. The van der Waals surface area contributed by atoms with Crippen molar-refractivity contribution in [3.8, 4) is 122 Å². The van der Waals surface area contributed by atoms with Crippen LogP contribution in [0, 0.1) is 0 Å². The molecule has 24 aromatic carbocycles. The van der Waals surface area contributed by atoms with Gasteiger partial charge in [0, 0.05) is 43.4 Å². The molecule has 0 aliphatic carbocycles. The van der Waals surface area contributed by atoms with E-state index in [1.807, 2.05) is 78.9 Å². The van der Waals surface area contributed by atoms with Gasteiger partial charge in [-0.15, -0.1) is 0 Å². The molecule has 0 saturated carbocycles. The van der Waals surface area contributed by atoms with Gasteiger partial charge in [0.1, 0.15) is 33.5 Å². The Labute approximate surface area is 775 Å². The van der Waals surface area contributed by atoms with E-state index in [-0.39, 0.29) is 29.7 Å². The predicted octanol–water partition coefficient (Wildman–Crippen LogP) is 37.2. The molecule has 0 spiro atoms. The van der Waals surface area contributed by atoms with Crippen LogP contribution < -0.4 is 0 Å². The molecule has 0 amide bonds. The molecule has 0 radical (unpaired) electrons. The number of hydrogen-bond acceptors (Lipinski definition) is 3. The Hall–Kier alpha value is -17.5. The minimum Gasteiger partial charge on any atom is -0.456 e. The molecule has 3 aromatic heterocycles. The van der Waals surface area contributed by atoms with E-state index in [0.717, 1.165) is 126 Å². The van der Waals surface area contributed by atoms with Crippen molar-refractivity contribution in [2.24, 2.45) is 0 Å². The van der Waals surface area contributed by atoms with E-state index in [1.54, 1.807) is 0 Å².